The van der Waals surface area contributed by atoms with Crippen LogP contribution in [0.5, 0.6) is 0 Å². The zero-order valence-corrected chi connectivity index (χ0v) is 18.8. The van der Waals surface area contributed by atoms with E-state index in [1.165, 1.54) is 45.2 Å². The summed E-state index contributed by atoms with van der Waals surface area (Å²) in [6.45, 7) is 8.00. The van der Waals surface area contributed by atoms with Crippen LogP contribution in [0.4, 0.5) is 0 Å². The largest absolute Gasteiger partial charge is 0.344 e. The van der Waals surface area contributed by atoms with Gasteiger partial charge in [-0.25, -0.2) is 0 Å². The molecule has 1 aromatic rings. The molecule has 0 aliphatic carbocycles. The number of nitrogens with zero attached hydrogens (tertiary/aromatic N) is 3. The van der Waals surface area contributed by atoms with Crippen molar-refractivity contribution in [2.24, 2.45) is 11.8 Å². The molecule has 0 bridgehead atoms. The lowest BCUT2D eigenvalue weighted by Gasteiger charge is -2.46. The van der Waals surface area contributed by atoms with Gasteiger partial charge in [0.2, 0.25) is 5.91 Å². The van der Waals surface area contributed by atoms with Crippen molar-refractivity contribution < 1.29 is 9.59 Å². The Balaban J connectivity index is 1.49. The number of benzene rings is 1. The molecule has 2 fully saturated rings. The summed E-state index contributed by atoms with van der Waals surface area (Å²) in [5.74, 6) is 0.806. The van der Waals surface area contributed by atoms with Gasteiger partial charge in [-0.15, -0.1) is 0 Å². The van der Waals surface area contributed by atoms with Gasteiger partial charge in [0.25, 0.3) is 5.91 Å². The number of piperidine rings is 2. The minimum absolute atomic E-state index is 0.00812. The van der Waals surface area contributed by atoms with Gasteiger partial charge < -0.3 is 14.7 Å². The lowest BCUT2D eigenvalue weighted by Crippen LogP contribution is -2.55. The summed E-state index contributed by atoms with van der Waals surface area (Å²) in [7, 11) is 1.95. The van der Waals surface area contributed by atoms with Crippen molar-refractivity contribution in [2.45, 2.75) is 71.0 Å². The van der Waals surface area contributed by atoms with E-state index in [-0.39, 0.29) is 23.8 Å². The monoisotopic (exact) mass is 411 g/mol. The second-order valence-electron chi connectivity index (χ2n) is 9.64. The number of hydrogen-bond acceptors (Lipinski definition) is 3. The molecule has 3 heterocycles. The van der Waals surface area contributed by atoms with Crippen LogP contribution in [0.2, 0.25) is 0 Å². The highest BCUT2D eigenvalue weighted by molar-refractivity contribution is 6.01. The third-order valence-electron chi connectivity index (χ3n) is 7.73. The fourth-order valence-corrected chi connectivity index (χ4v) is 5.87. The van der Waals surface area contributed by atoms with E-state index < -0.39 is 0 Å². The Bertz CT molecular complexity index is 777. The number of hydrogen-bond donors (Lipinski definition) is 0. The van der Waals surface area contributed by atoms with Crippen molar-refractivity contribution in [1.82, 2.24) is 14.7 Å². The molecule has 30 heavy (non-hydrogen) atoms. The fourth-order valence-electron chi connectivity index (χ4n) is 5.87. The van der Waals surface area contributed by atoms with E-state index in [1.54, 1.807) is 0 Å². The van der Waals surface area contributed by atoms with E-state index in [1.807, 2.05) is 41.1 Å². The molecule has 5 nitrogen and oxygen atoms in total. The van der Waals surface area contributed by atoms with Gasteiger partial charge in [-0.3, -0.25) is 9.59 Å². The van der Waals surface area contributed by atoms with Crippen LogP contribution in [0.3, 0.4) is 0 Å². The van der Waals surface area contributed by atoms with Gasteiger partial charge in [-0.05, 0) is 62.2 Å². The minimum Gasteiger partial charge on any atom is -0.344 e. The van der Waals surface area contributed by atoms with Crippen LogP contribution in [0.1, 0.15) is 68.3 Å². The first-order valence-electron chi connectivity index (χ1n) is 11.9. The first-order valence-corrected chi connectivity index (χ1v) is 11.9. The van der Waals surface area contributed by atoms with Crippen LogP contribution in [0.15, 0.2) is 24.3 Å². The van der Waals surface area contributed by atoms with Crippen LogP contribution in [-0.2, 0) is 11.3 Å². The molecule has 2 saturated heterocycles. The molecule has 4 rings (SSSR count). The van der Waals surface area contributed by atoms with Crippen LogP contribution >= 0.6 is 0 Å². The highest BCUT2D eigenvalue weighted by atomic mass is 16.2. The molecule has 1 aromatic carbocycles. The minimum atomic E-state index is -0.383. The third kappa shape index (κ3) is 4.01. The van der Waals surface area contributed by atoms with Gasteiger partial charge in [0.1, 0.15) is 6.04 Å². The molecular formula is C25H37N3O2. The van der Waals surface area contributed by atoms with Crippen molar-refractivity contribution in [1.29, 1.82) is 0 Å². The number of fused-ring (bicyclic) bond motifs is 2. The maximum atomic E-state index is 13.7. The van der Waals surface area contributed by atoms with E-state index in [0.717, 1.165) is 24.1 Å². The Hall–Kier alpha value is -1.88. The normalized spacial score (nSPS) is 26.1. The average molecular weight is 412 g/mol. The van der Waals surface area contributed by atoms with E-state index >= 15 is 0 Å². The smallest absolute Gasteiger partial charge is 0.255 e. The Kier molecular flexibility index (Phi) is 6.47. The topological polar surface area (TPSA) is 43.9 Å². The van der Waals surface area contributed by atoms with Crippen LogP contribution in [0.25, 0.3) is 0 Å². The van der Waals surface area contributed by atoms with Gasteiger partial charge in [-0.2, -0.15) is 0 Å². The number of likely N-dealkylation sites (N-methyl/N-ethyl adjacent to an activating group) is 1. The molecule has 0 spiro atoms. The van der Waals surface area contributed by atoms with Crippen molar-refractivity contribution in [2.75, 3.05) is 26.7 Å². The van der Waals surface area contributed by atoms with E-state index in [4.69, 9.17) is 0 Å². The van der Waals surface area contributed by atoms with Gasteiger partial charge in [0.15, 0.2) is 0 Å². The van der Waals surface area contributed by atoms with Crippen molar-refractivity contribution in [3.8, 4) is 0 Å². The molecule has 0 radical (unpaired) electrons. The van der Waals surface area contributed by atoms with E-state index in [0.29, 0.717) is 18.5 Å². The first-order chi connectivity index (χ1) is 14.5. The molecule has 0 unspecified atom stereocenters. The van der Waals surface area contributed by atoms with Gasteiger partial charge in [-0.1, -0.05) is 44.9 Å². The Morgan fingerprint density at radius 2 is 1.93 bits per heavy atom. The Labute approximate surface area is 181 Å². The quantitative estimate of drug-likeness (QED) is 0.716. The summed E-state index contributed by atoms with van der Waals surface area (Å²) in [4.78, 5) is 33.2. The van der Waals surface area contributed by atoms with Crippen molar-refractivity contribution >= 4 is 11.8 Å². The second kappa shape index (κ2) is 9.09. The molecule has 2 amide bonds. The molecule has 3 aliphatic heterocycles. The molecule has 164 valence electrons. The van der Waals surface area contributed by atoms with E-state index in [9.17, 15) is 9.59 Å². The summed E-state index contributed by atoms with van der Waals surface area (Å²) >= 11 is 0. The van der Waals surface area contributed by atoms with Gasteiger partial charge in [0.05, 0.1) is 0 Å². The molecule has 0 N–H and O–H groups in total. The molecule has 3 aliphatic rings. The lowest BCUT2D eigenvalue weighted by atomic mass is 9.83. The SMILES string of the molecule is CC[C@@H](C)[C@@H](C(=O)N(C)C[C@@H]1CCCN2CCCC[C@H]12)N1Cc2ccccc2C1=O. The summed E-state index contributed by atoms with van der Waals surface area (Å²) in [5.41, 5.74) is 1.79. The average Bonchev–Trinajstić information content (AvgIpc) is 3.10. The first kappa shape index (κ1) is 21.4. The number of carbonyl (C=O) groups is 2. The standard InChI is InChI=1S/C25H37N3O2/c1-4-18(2)23(28-17-19-10-5-6-12-21(19)24(28)29)25(30)26(3)16-20-11-9-15-27-14-8-7-13-22(20)27/h5-6,10,12,18,20,22-23H,4,7-9,11,13-17H2,1-3H3/t18-,20+,22-,23+/m1/s1. The molecule has 5 heteroatoms. The molecule has 0 saturated carbocycles. The predicted molar refractivity (Wildman–Crippen MR) is 119 cm³/mol. The van der Waals surface area contributed by atoms with Crippen LogP contribution in [-0.4, -0.2) is 65.3 Å². The molecular weight excluding hydrogens is 374 g/mol. The highest BCUT2D eigenvalue weighted by Gasteiger charge is 2.41. The summed E-state index contributed by atoms with van der Waals surface area (Å²) in [5, 5.41) is 0. The van der Waals surface area contributed by atoms with Crippen molar-refractivity contribution in [3.05, 3.63) is 35.4 Å². The summed E-state index contributed by atoms with van der Waals surface area (Å²) in [6.07, 6.45) is 7.21. The number of carbonyl (C=O) groups excluding carboxylic acids is 2. The molecule has 4 atom stereocenters. The van der Waals surface area contributed by atoms with Crippen LogP contribution in [0, 0.1) is 11.8 Å². The second-order valence-corrected chi connectivity index (χ2v) is 9.64. The van der Waals surface area contributed by atoms with E-state index in [2.05, 4.69) is 18.7 Å². The van der Waals surface area contributed by atoms with Gasteiger partial charge >= 0.3 is 0 Å². The van der Waals surface area contributed by atoms with Crippen molar-refractivity contribution in [3.63, 3.8) is 0 Å². The van der Waals surface area contributed by atoms with Gasteiger partial charge in [0, 0.05) is 31.7 Å². The molecule has 0 aromatic heterocycles. The summed E-state index contributed by atoms with van der Waals surface area (Å²) in [6, 6.07) is 8.02. The predicted octanol–water partition coefficient (Wildman–Crippen LogP) is 3.78. The third-order valence-corrected chi connectivity index (χ3v) is 7.73. The Morgan fingerprint density at radius 1 is 1.17 bits per heavy atom. The summed E-state index contributed by atoms with van der Waals surface area (Å²) < 4.78 is 0. The highest BCUT2D eigenvalue weighted by Crippen LogP contribution is 2.33. The number of rotatable bonds is 6. The lowest BCUT2D eigenvalue weighted by molar-refractivity contribution is -0.138. The fraction of sp³-hybridized carbons (Fsp3) is 0.680. The zero-order chi connectivity index (χ0) is 21.3. The Morgan fingerprint density at radius 3 is 2.70 bits per heavy atom. The zero-order valence-electron chi connectivity index (χ0n) is 18.8. The number of amides is 2. The maximum absolute atomic E-state index is 13.7. The maximum Gasteiger partial charge on any atom is 0.255 e. The van der Waals surface area contributed by atoms with Crippen LogP contribution < -0.4 is 0 Å².